The highest BCUT2D eigenvalue weighted by molar-refractivity contribution is 5.86. The van der Waals surface area contributed by atoms with E-state index in [1.54, 1.807) is 11.6 Å². The van der Waals surface area contributed by atoms with Crippen molar-refractivity contribution < 1.29 is 14.3 Å². The summed E-state index contributed by atoms with van der Waals surface area (Å²) in [5.74, 6) is -0.0459. The first kappa shape index (κ1) is 13.3. The monoisotopic (exact) mass is 264 g/mol. The lowest BCUT2D eigenvalue weighted by Crippen LogP contribution is -2.12. The van der Waals surface area contributed by atoms with Gasteiger partial charge in [-0.3, -0.25) is 0 Å². The standard InChI is InChI=1S/C12H16N4O3/c1-7(2)4-10-11(12(17)18)14-15-16(10)5-9-8(3)19-6-13-9/h6-7H,4-5H2,1-3H3,(H,17,18). The fraction of sp³-hybridized carbons (Fsp3) is 0.500. The number of hydrogen-bond donors (Lipinski definition) is 1. The molecule has 0 saturated carbocycles. The SMILES string of the molecule is Cc1ocnc1Cn1nnc(C(=O)O)c1CC(C)C. The van der Waals surface area contributed by atoms with Gasteiger partial charge >= 0.3 is 5.97 Å². The maximum Gasteiger partial charge on any atom is 0.358 e. The van der Waals surface area contributed by atoms with Crippen LogP contribution in [0, 0.1) is 12.8 Å². The first-order valence-electron chi connectivity index (χ1n) is 6.03. The molecular formula is C12H16N4O3. The summed E-state index contributed by atoms with van der Waals surface area (Å²) in [5.41, 5.74) is 1.35. The molecule has 19 heavy (non-hydrogen) atoms. The minimum absolute atomic E-state index is 0.00912. The molecule has 2 rings (SSSR count). The van der Waals surface area contributed by atoms with Gasteiger partial charge in [-0.15, -0.1) is 5.10 Å². The van der Waals surface area contributed by atoms with E-state index in [2.05, 4.69) is 15.3 Å². The van der Waals surface area contributed by atoms with Crippen LogP contribution >= 0.6 is 0 Å². The van der Waals surface area contributed by atoms with Crippen LogP contribution in [0.5, 0.6) is 0 Å². The van der Waals surface area contributed by atoms with Gasteiger partial charge in [0.2, 0.25) is 0 Å². The van der Waals surface area contributed by atoms with Crippen LogP contribution in [0.15, 0.2) is 10.8 Å². The van der Waals surface area contributed by atoms with E-state index in [0.29, 0.717) is 30.3 Å². The van der Waals surface area contributed by atoms with E-state index in [9.17, 15) is 4.79 Å². The van der Waals surface area contributed by atoms with Crippen molar-refractivity contribution in [1.82, 2.24) is 20.0 Å². The van der Waals surface area contributed by atoms with Gasteiger partial charge in [0.05, 0.1) is 12.2 Å². The van der Waals surface area contributed by atoms with Crippen molar-refractivity contribution in [2.24, 2.45) is 5.92 Å². The van der Waals surface area contributed by atoms with Crippen LogP contribution in [-0.2, 0) is 13.0 Å². The number of carboxylic acid groups (broad SMARTS) is 1. The number of aromatic nitrogens is 4. The minimum atomic E-state index is -1.06. The van der Waals surface area contributed by atoms with Gasteiger partial charge in [-0.2, -0.15) is 0 Å². The van der Waals surface area contributed by atoms with Crippen molar-refractivity contribution >= 4 is 5.97 Å². The molecule has 2 heterocycles. The van der Waals surface area contributed by atoms with Crippen molar-refractivity contribution in [3.05, 3.63) is 29.2 Å². The number of hydrogen-bond acceptors (Lipinski definition) is 5. The average molecular weight is 264 g/mol. The summed E-state index contributed by atoms with van der Waals surface area (Å²) in [4.78, 5) is 15.2. The zero-order valence-corrected chi connectivity index (χ0v) is 11.1. The number of aryl methyl sites for hydroxylation is 1. The van der Waals surface area contributed by atoms with E-state index in [-0.39, 0.29) is 5.69 Å². The largest absolute Gasteiger partial charge is 0.476 e. The second-order valence-electron chi connectivity index (χ2n) is 4.80. The minimum Gasteiger partial charge on any atom is -0.476 e. The molecule has 102 valence electrons. The van der Waals surface area contributed by atoms with E-state index < -0.39 is 5.97 Å². The van der Waals surface area contributed by atoms with E-state index >= 15 is 0 Å². The summed E-state index contributed by atoms with van der Waals surface area (Å²) in [6, 6.07) is 0. The van der Waals surface area contributed by atoms with Crippen molar-refractivity contribution in [2.75, 3.05) is 0 Å². The van der Waals surface area contributed by atoms with Crippen molar-refractivity contribution in [1.29, 1.82) is 0 Å². The molecule has 0 atom stereocenters. The molecule has 0 saturated heterocycles. The molecule has 7 heteroatoms. The highest BCUT2D eigenvalue weighted by Gasteiger charge is 2.20. The number of oxazole rings is 1. The Labute approximate surface area is 110 Å². The Bertz CT molecular complexity index is 586. The lowest BCUT2D eigenvalue weighted by atomic mass is 10.1. The predicted octanol–water partition coefficient (Wildman–Crippen LogP) is 1.52. The summed E-state index contributed by atoms with van der Waals surface area (Å²) in [6.45, 7) is 6.21. The Hall–Kier alpha value is -2.18. The zero-order chi connectivity index (χ0) is 14.0. The average Bonchev–Trinajstić information content (AvgIpc) is 2.87. The molecule has 0 aromatic carbocycles. The number of rotatable bonds is 5. The normalized spacial score (nSPS) is 11.2. The number of nitrogens with zero attached hydrogens (tertiary/aromatic N) is 4. The highest BCUT2D eigenvalue weighted by atomic mass is 16.4. The second-order valence-corrected chi connectivity index (χ2v) is 4.80. The highest BCUT2D eigenvalue weighted by Crippen LogP contribution is 2.14. The van der Waals surface area contributed by atoms with Gasteiger partial charge in [0, 0.05) is 0 Å². The van der Waals surface area contributed by atoms with Crippen LogP contribution in [0.3, 0.4) is 0 Å². The number of aromatic carboxylic acids is 1. The fourth-order valence-electron chi connectivity index (χ4n) is 1.84. The third-order valence-electron chi connectivity index (χ3n) is 2.79. The van der Waals surface area contributed by atoms with Crippen LogP contribution in [0.1, 0.15) is 41.5 Å². The van der Waals surface area contributed by atoms with Crippen LogP contribution in [0.4, 0.5) is 0 Å². The summed E-state index contributed by atoms with van der Waals surface area (Å²) in [5, 5.41) is 16.8. The molecule has 7 nitrogen and oxygen atoms in total. The third-order valence-corrected chi connectivity index (χ3v) is 2.79. The molecule has 2 aromatic heterocycles. The quantitative estimate of drug-likeness (QED) is 0.879. The molecule has 0 aliphatic carbocycles. The molecule has 0 radical (unpaired) electrons. The van der Waals surface area contributed by atoms with Gasteiger partial charge in [0.15, 0.2) is 12.1 Å². The van der Waals surface area contributed by atoms with E-state index in [0.717, 1.165) is 5.69 Å². The fourth-order valence-corrected chi connectivity index (χ4v) is 1.84. The molecule has 0 aliphatic rings. The molecule has 2 aromatic rings. The Kier molecular flexibility index (Phi) is 3.64. The van der Waals surface area contributed by atoms with Gasteiger partial charge in [0.1, 0.15) is 11.5 Å². The predicted molar refractivity (Wildman–Crippen MR) is 65.9 cm³/mol. The topological polar surface area (TPSA) is 94.0 Å². The molecule has 0 unspecified atom stereocenters. The van der Waals surface area contributed by atoms with Crippen LogP contribution in [0.2, 0.25) is 0 Å². The molecule has 1 N–H and O–H groups in total. The first-order valence-corrected chi connectivity index (χ1v) is 6.03. The molecule has 0 spiro atoms. The zero-order valence-electron chi connectivity index (χ0n) is 11.1. The van der Waals surface area contributed by atoms with E-state index in [1.807, 2.05) is 13.8 Å². The molecule has 0 amide bonds. The summed E-state index contributed by atoms with van der Waals surface area (Å²) >= 11 is 0. The third kappa shape index (κ3) is 2.81. The maximum absolute atomic E-state index is 11.1. The van der Waals surface area contributed by atoms with Gasteiger partial charge in [-0.1, -0.05) is 19.1 Å². The van der Waals surface area contributed by atoms with Gasteiger partial charge < -0.3 is 9.52 Å². The van der Waals surface area contributed by atoms with E-state index in [1.165, 1.54) is 6.39 Å². The van der Waals surface area contributed by atoms with E-state index in [4.69, 9.17) is 9.52 Å². The molecular weight excluding hydrogens is 248 g/mol. The number of carboxylic acids is 1. The Morgan fingerprint density at radius 2 is 2.26 bits per heavy atom. The van der Waals surface area contributed by atoms with Gasteiger partial charge in [-0.25, -0.2) is 14.5 Å². The molecule has 0 bridgehead atoms. The second kappa shape index (κ2) is 5.21. The summed E-state index contributed by atoms with van der Waals surface area (Å²) in [6.07, 6.45) is 1.97. The Morgan fingerprint density at radius 3 is 2.79 bits per heavy atom. The summed E-state index contributed by atoms with van der Waals surface area (Å²) in [7, 11) is 0. The maximum atomic E-state index is 11.1. The van der Waals surface area contributed by atoms with Crippen LogP contribution < -0.4 is 0 Å². The lowest BCUT2D eigenvalue weighted by molar-refractivity contribution is 0.0689. The Balaban J connectivity index is 2.34. The van der Waals surface area contributed by atoms with Crippen molar-refractivity contribution in [2.45, 2.75) is 33.7 Å². The van der Waals surface area contributed by atoms with Crippen LogP contribution in [-0.4, -0.2) is 31.1 Å². The number of carbonyl (C=O) groups is 1. The lowest BCUT2D eigenvalue weighted by Gasteiger charge is -2.08. The summed E-state index contributed by atoms with van der Waals surface area (Å²) < 4.78 is 6.70. The Morgan fingerprint density at radius 1 is 1.53 bits per heavy atom. The van der Waals surface area contributed by atoms with Gasteiger partial charge in [0.25, 0.3) is 0 Å². The first-order chi connectivity index (χ1) is 8.99. The molecule has 0 fully saturated rings. The van der Waals surface area contributed by atoms with Gasteiger partial charge in [-0.05, 0) is 19.3 Å². The smallest absolute Gasteiger partial charge is 0.358 e. The molecule has 0 aliphatic heterocycles. The van der Waals surface area contributed by atoms with Crippen molar-refractivity contribution in [3.63, 3.8) is 0 Å². The van der Waals surface area contributed by atoms with Crippen LogP contribution in [0.25, 0.3) is 0 Å². The van der Waals surface area contributed by atoms with Crippen molar-refractivity contribution in [3.8, 4) is 0 Å².